The van der Waals surface area contributed by atoms with Crippen LogP contribution >= 0.6 is 11.8 Å². The molecule has 0 heterocycles. The van der Waals surface area contributed by atoms with Crippen LogP contribution in [0.3, 0.4) is 0 Å². The molecule has 0 aromatic carbocycles. The normalized spacial score (nSPS) is 15.8. The molecule has 0 aromatic rings. The van der Waals surface area contributed by atoms with Crippen LogP contribution in [-0.4, -0.2) is 17.0 Å². The van der Waals surface area contributed by atoms with Crippen molar-refractivity contribution >= 4 is 11.8 Å². The van der Waals surface area contributed by atoms with E-state index in [2.05, 4.69) is 13.8 Å². The maximum Gasteiger partial charge on any atom is 0.102 e. The van der Waals surface area contributed by atoms with Crippen LogP contribution in [0.4, 0.5) is 0 Å². The maximum absolute atomic E-state index is 8.33. The van der Waals surface area contributed by atoms with Crippen molar-refractivity contribution in [3.63, 3.8) is 0 Å². The SMILES string of the molecule is CCC(C)SCC(N)C#N. The number of nitrogens with two attached hydrogens (primary N) is 1. The molecule has 0 aliphatic heterocycles. The number of nitrogens with zero attached hydrogens (tertiary/aromatic N) is 1. The highest BCUT2D eigenvalue weighted by molar-refractivity contribution is 7.99. The van der Waals surface area contributed by atoms with Gasteiger partial charge in [-0.15, -0.1) is 0 Å². The van der Waals surface area contributed by atoms with Crippen molar-refractivity contribution in [3.05, 3.63) is 0 Å². The van der Waals surface area contributed by atoms with Crippen molar-refractivity contribution in [2.24, 2.45) is 5.73 Å². The van der Waals surface area contributed by atoms with Crippen LogP contribution in [0.2, 0.25) is 0 Å². The summed E-state index contributed by atoms with van der Waals surface area (Å²) in [6.07, 6.45) is 1.14. The summed E-state index contributed by atoms with van der Waals surface area (Å²) in [7, 11) is 0. The largest absolute Gasteiger partial charge is 0.315 e. The fraction of sp³-hybridized carbons (Fsp3) is 0.857. The fourth-order valence-corrected chi connectivity index (χ4v) is 1.27. The lowest BCUT2D eigenvalue weighted by atomic mass is 10.4. The molecule has 2 atom stereocenters. The van der Waals surface area contributed by atoms with E-state index in [1.165, 1.54) is 0 Å². The highest BCUT2D eigenvalue weighted by Gasteiger charge is 2.03. The van der Waals surface area contributed by atoms with Gasteiger partial charge in [-0.3, -0.25) is 0 Å². The smallest absolute Gasteiger partial charge is 0.102 e. The minimum Gasteiger partial charge on any atom is -0.315 e. The van der Waals surface area contributed by atoms with Crippen molar-refractivity contribution in [2.45, 2.75) is 31.6 Å². The second kappa shape index (κ2) is 5.57. The zero-order chi connectivity index (χ0) is 7.98. The first-order valence-electron chi connectivity index (χ1n) is 3.47. The quantitative estimate of drug-likeness (QED) is 0.672. The molecule has 2 N–H and O–H groups in total. The van der Waals surface area contributed by atoms with Crippen molar-refractivity contribution < 1.29 is 0 Å². The predicted octanol–water partition coefficient (Wildman–Crippen LogP) is 1.37. The van der Waals surface area contributed by atoms with E-state index < -0.39 is 0 Å². The van der Waals surface area contributed by atoms with Crippen LogP contribution in [0.15, 0.2) is 0 Å². The van der Waals surface area contributed by atoms with Crippen LogP contribution < -0.4 is 5.73 Å². The Morgan fingerprint density at radius 1 is 1.70 bits per heavy atom. The van der Waals surface area contributed by atoms with E-state index in [0.29, 0.717) is 5.25 Å². The Morgan fingerprint density at radius 3 is 2.70 bits per heavy atom. The molecule has 0 saturated heterocycles. The van der Waals surface area contributed by atoms with E-state index in [1.54, 1.807) is 11.8 Å². The topological polar surface area (TPSA) is 49.8 Å². The first-order valence-corrected chi connectivity index (χ1v) is 4.52. The molecule has 0 bridgehead atoms. The Hall–Kier alpha value is -0.200. The molecule has 0 radical (unpaired) electrons. The Kier molecular flexibility index (Phi) is 5.46. The third-order valence-corrected chi connectivity index (χ3v) is 2.75. The highest BCUT2D eigenvalue weighted by atomic mass is 32.2. The summed E-state index contributed by atoms with van der Waals surface area (Å²) in [5, 5.41) is 8.96. The molecular formula is C7H14N2S. The molecule has 0 fully saturated rings. The van der Waals surface area contributed by atoms with Gasteiger partial charge in [0.25, 0.3) is 0 Å². The van der Waals surface area contributed by atoms with Crippen molar-refractivity contribution in [2.75, 3.05) is 5.75 Å². The molecule has 0 saturated carbocycles. The Morgan fingerprint density at radius 2 is 2.30 bits per heavy atom. The van der Waals surface area contributed by atoms with E-state index >= 15 is 0 Å². The number of hydrogen-bond acceptors (Lipinski definition) is 3. The Balaban J connectivity index is 3.28. The van der Waals surface area contributed by atoms with Crippen molar-refractivity contribution in [1.82, 2.24) is 0 Å². The minimum absolute atomic E-state index is 0.293. The molecule has 0 spiro atoms. The highest BCUT2D eigenvalue weighted by Crippen LogP contribution is 2.13. The van der Waals surface area contributed by atoms with Crippen LogP contribution in [0, 0.1) is 11.3 Å². The standard InChI is InChI=1S/C7H14N2S/c1-3-6(2)10-5-7(9)4-8/h6-7H,3,5,9H2,1-2H3. The van der Waals surface area contributed by atoms with E-state index in [-0.39, 0.29) is 6.04 Å². The van der Waals surface area contributed by atoms with Crippen LogP contribution in [0.1, 0.15) is 20.3 Å². The summed E-state index contributed by atoms with van der Waals surface area (Å²) < 4.78 is 0. The van der Waals surface area contributed by atoms with Gasteiger partial charge < -0.3 is 5.73 Å². The molecule has 0 aliphatic carbocycles. The molecule has 2 nitrogen and oxygen atoms in total. The fourth-order valence-electron chi connectivity index (χ4n) is 0.423. The van der Waals surface area contributed by atoms with Crippen molar-refractivity contribution in [1.29, 1.82) is 5.26 Å². The number of thioether (sulfide) groups is 1. The first-order chi connectivity index (χ1) is 4.70. The molecule has 58 valence electrons. The Bertz CT molecular complexity index is 119. The lowest BCUT2D eigenvalue weighted by Gasteiger charge is -2.07. The zero-order valence-electron chi connectivity index (χ0n) is 6.50. The average Bonchev–Trinajstić information content (AvgIpc) is 1.99. The third kappa shape index (κ3) is 4.66. The molecule has 2 unspecified atom stereocenters. The van der Waals surface area contributed by atoms with E-state index in [4.69, 9.17) is 11.0 Å². The van der Waals surface area contributed by atoms with Gasteiger partial charge in [0.05, 0.1) is 6.07 Å². The summed E-state index contributed by atoms with van der Waals surface area (Å²) >= 11 is 1.76. The second-order valence-corrected chi connectivity index (χ2v) is 3.76. The predicted molar refractivity (Wildman–Crippen MR) is 45.8 cm³/mol. The zero-order valence-corrected chi connectivity index (χ0v) is 7.32. The van der Waals surface area contributed by atoms with Gasteiger partial charge >= 0.3 is 0 Å². The summed E-state index contributed by atoms with van der Waals surface area (Å²) in [4.78, 5) is 0. The molecular weight excluding hydrogens is 144 g/mol. The molecule has 0 rings (SSSR count). The molecule has 0 amide bonds. The summed E-state index contributed by atoms with van der Waals surface area (Å²) in [5.41, 5.74) is 5.39. The number of hydrogen-bond donors (Lipinski definition) is 1. The van der Waals surface area contributed by atoms with Gasteiger partial charge in [0.1, 0.15) is 6.04 Å². The van der Waals surface area contributed by atoms with Gasteiger partial charge in [-0.25, -0.2) is 0 Å². The van der Waals surface area contributed by atoms with E-state index in [9.17, 15) is 0 Å². The number of rotatable bonds is 4. The molecule has 10 heavy (non-hydrogen) atoms. The van der Waals surface area contributed by atoms with E-state index in [1.807, 2.05) is 6.07 Å². The van der Waals surface area contributed by atoms with Gasteiger partial charge in [-0.1, -0.05) is 13.8 Å². The molecule has 3 heteroatoms. The van der Waals surface area contributed by atoms with Gasteiger partial charge in [-0.2, -0.15) is 17.0 Å². The van der Waals surface area contributed by atoms with Crippen LogP contribution in [0.25, 0.3) is 0 Å². The minimum atomic E-state index is -0.293. The van der Waals surface area contributed by atoms with Gasteiger partial charge in [0.15, 0.2) is 0 Å². The van der Waals surface area contributed by atoms with Crippen LogP contribution in [0.5, 0.6) is 0 Å². The average molecular weight is 158 g/mol. The van der Waals surface area contributed by atoms with Gasteiger partial charge in [0, 0.05) is 11.0 Å². The van der Waals surface area contributed by atoms with Gasteiger partial charge in [0.2, 0.25) is 0 Å². The monoisotopic (exact) mass is 158 g/mol. The van der Waals surface area contributed by atoms with E-state index in [0.717, 1.165) is 12.2 Å². The van der Waals surface area contributed by atoms with Crippen LogP contribution in [-0.2, 0) is 0 Å². The Labute approximate surface area is 66.8 Å². The first kappa shape index (κ1) is 9.80. The van der Waals surface area contributed by atoms with Gasteiger partial charge in [-0.05, 0) is 6.42 Å². The number of nitriles is 1. The summed E-state index contributed by atoms with van der Waals surface area (Å²) in [6, 6.07) is 1.71. The summed E-state index contributed by atoms with van der Waals surface area (Å²) in [5.74, 6) is 0.755. The molecule has 0 aliphatic rings. The lowest BCUT2D eigenvalue weighted by Crippen LogP contribution is -2.21. The van der Waals surface area contributed by atoms with Crippen molar-refractivity contribution in [3.8, 4) is 6.07 Å². The summed E-state index contributed by atoms with van der Waals surface area (Å²) in [6.45, 7) is 4.28. The lowest BCUT2D eigenvalue weighted by molar-refractivity contribution is 0.891. The maximum atomic E-state index is 8.33. The molecule has 0 aromatic heterocycles. The third-order valence-electron chi connectivity index (χ3n) is 1.30. The second-order valence-electron chi connectivity index (χ2n) is 2.29.